The van der Waals surface area contributed by atoms with Crippen LogP contribution in [0.5, 0.6) is 0 Å². The highest BCUT2D eigenvalue weighted by Gasteiger charge is 2.19. The van der Waals surface area contributed by atoms with Gasteiger partial charge in [0.05, 0.1) is 12.3 Å². The molecular formula is C9H14N2O2. The summed E-state index contributed by atoms with van der Waals surface area (Å²) in [4.78, 5) is 0. The summed E-state index contributed by atoms with van der Waals surface area (Å²) in [6.45, 7) is 4.46. The molecule has 1 aliphatic rings. The maximum atomic E-state index is 5.26. The van der Waals surface area contributed by atoms with Crippen LogP contribution in [0.1, 0.15) is 18.2 Å². The van der Waals surface area contributed by atoms with E-state index in [0.717, 1.165) is 44.2 Å². The molecule has 4 heteroatoms. The molecule has 0 saturated carbocycles. The fraction of sp³-hybridized carbons (Fsp3) is 0.667. The van der Waals surface area contributed by atoms with Gasteiger partial charge in [0.15, 0.2) is 0 Å². The second-order valence-corrected chi connectivity index (χ2v) is 3.06. The van der Waals surface area contributed by atoms with Crippen LogP contribution < -0.4 is 5.32 Å². The number of fused-ring (bicyclic) bond motifs is 1. The summed E-state index contributed by atoms with van der Waals surface area (Å²) in [5.74, 6) is 0.853. The third kappa shape index (κ3) is 1.67. The van der Waals surface area contributed by atoms with Crippen molar-refractivity contribution in [1.82, 2.24) is 5.16 Å². The number of rotatable bonds is 4. The lowest BCUT2D eigenvalue weighted by Gasteiger charge is -1.98. The lowest BCUT2D eigenvalue weighted by atomic mass is 10.1. The second-order valence-electron chi connectivity index (χ2n) is 3.06. The fourth-order valence-electron chi connectivity index (χ4n) is 1.55. The molecule has 0 amide bonds. The summed E-state index contributed by atoms with van der Waals surface area (Å²) in [5.41, 5.74) is 2.29. The lowest BCUT2D eigenvalue weighted by molar-refractivity contribution is 0.149. The molecule has 0 aromatic carbocycles. The number of anilines is 1. The third-order valence-electron chi connectivity index (χ3n) is 2.22. The van der Waals surface area contributed by atoms with Crippen LogP contribution >= 0.6 is 0 Å². The molecule has 0 aliphatic carbocycles. The molecule has 0 saturated heterocycles. The fourth-order valence-corrected chi connectivity index (χ4v) is 1.55. The van der Waals surface area contributed by atoms with E-state index in [9.17, 15) is 0 Å². The quantitative estimate of drug-likeness (QED) is 0.711. The van der Waals surface area contributed by atoms with Crippen molar-refractivity contribution in [3.63, 3.8) is 0 Å². The Morgan fingerprint density at radius 2 is 2.54 bits per heavy atom. The van der Waals surface area contributed by atoms with Crippen LogP contribution in [0, 0.1) is 0 Å². The number of nitrogens with zero attached hydrogens (tertiary/aromatic N) is 1. The molecule has 2 heterocycles. The Morgan fingerprint density at radius 3 is 3.38 bits per heavy atom. The van der Waals surface area contributed by atoms with Crippen molar-refractivity contribution >= 4 is 5.88 Å². The molecule has 0 spiro atoms. The van der Waals surface area contributed by atoms with Crippen molar-refractivity contribution in [3.05, 3.63) is 11.3 Å². The van der Waals surface area contributed by atoms with Gasteiger partial charge in [-0.25, -0.2) is 0 Å². The molecule has 0 unspecified atom stereocenters. The van der Waals surface area contributed by atoms with Gasteiger partial charge in [0.2, 0.25) is 5.88 Å². The maximum Gasteiger partial charge on any atom is 0.228 e. The van der Waals surface area contributed by atoms with E-state index in [-0.39, 0.29) is 0 Å². The van der Waals surface area contributed by atoms with Gasteiger partial charge in [0.25, 0.3) is 0 Å². The minimum atomic E-state index is 0.732. The largest absolute Gasteiger partial charge is 0.381 e. The number of aromatic nitrogens is 1. The Morgan fingerprint density at radius 1 is 1.62 bits per heavy atom. The first-order valence-electron chi connectivity index (χ1n) is 4.71. The molecule has 1 aromatic heterocycles. The highest BCUT2D eigenvalue weighted by molar-refractivity contribution is 5.48. The third-order valence-corrected chi connectivity index (χ3v) is 2.22. The highest BCUT2D eigenvalue weighted by atomic mass is 16.5. The van der Waals surface area contributed by atoms with Crippen LogP contribution in [-0.4, -0.2) is 24.9 Å². The Kier molecular flexibility index (Phi) is 2.49. The van der Waals surface area contributed by atoms with Gasteiger partial charge in [-0.05, 0) is 13.3 Å². The van der Waals surface area contributed by atoms with Crippen molar-refractivity contribution in [1.29, 1.82) is 0 Å². The predicted octanol–water partition coefficient (Wildman–Crippen LogP) is 1.22. The average molecular weight is 182 g/mol. The first kappa shape index (κ1) is 8.56. The highest BCUT2D eigenvalue weighted by Crippen LogP contribution is 2.25. The molecule has 2 rings (SSSR count). The van der Waals surface area contributed by atoms with Crippen molar-refractivity contribution in [2.75, 3.05) is 25.1 Å². The summed E-state index contributed by atoms with van der Waals surface area (Å²) in [7, 11) is 0. The Balaban J connectivity index is 1.96. The van der Waals surface area contributed by atoms with Gasteiger partial charge in [-0.2, -0.15) is 0 Å². The van der Waals surface area contributed by atoms with Crippen LogP contribution in [0.3, 0.4) is 0 Å². The molecule has 0 bridgehead atoms. The van der Waals surface area contributed by atoms with Gasteiger partial charge >= 0.3 is 0 Å². The Labute approximate surface area is 77.2 Å². The molecule has 13 heavy (non-hydrogen) atoms. The predicted molar refractivity (Wildman–Crippen MR) is 48.9 cm³/mol. The molecular weight excluding hydrogens is 168 g/mol. The zero-order valence-corrected chi connectivity index (χ0v) is 7.80. The molecule has 4 nitrogen and oxygen atoms in total. The van der Waals surface area contributed by atoms with Gasteiger partial charge < -0.3 is 14.6 Å². The minimum Gasteiger partial charge on any atom is -0.381 e. The minimum absolute atomic E-state index is 0.732. The maximum absolute atomic E-state index is 5.26. The van der Waals surface area contributed by atoms with Gasteiger partial charge in [-0.15, -0.1) is 0 Å². The molecule has 0 radical (unpaired) electrons. The zero-order chi connectivity index (χ0) is 9.10. The first-order valence-corrected chi connectivity index (χ1v) is 4.71. The van der Waals surface area contributed by atoms with Crippen LogP contribution in [0.25, 0.3) is 0 Å². The molecule has 72 valence electrons. The summed E-state index contributed by atoms with van der Waals surface area (Å²) >= 11 is 0. The lowest BCUT2D eigenvalue weighted by Crippen LogP contribution is -2.00. The number of nitrogens with one attached hydrogen (secondary N) is 1. The number of ether oxygens (including phenoxy) is 1. The van der Waals surface area contributed by atoms with Crippen LogP contribution in [0.15, 0.2) is 4.52 Å². The normalized spacial score (nSPS) is 14.2. The second kappa shape index (κ2) is 3.79. The van der Waals surface area contributed by atoms with Crippen molar-refractivity contribution in [2.24, 2.45) is 0 Å². The Bertz CT molecular complexity index is 283. The van der Waals surface area contributed by atoms with Crippen molar-refractivity contribution in [2.45, 2.75) is 19.8 Å². The first-order chi connectivity index (χ1) is 6.42. The summed E-state index contributed by atoms with van der Waals surface area (Å²) in [6, 6.07) is 0. The van der Waals surface area contributed by atoms with E-state index >= 15 is 0 Å². The van der Waals surface area contributed by atoms with Crippen molar-refractivity contribution in [3.8, 4) is 0 Å². The van der Waals surface area contributed by atoms with E-state index in [1.807, 2.05) is 6.92 Å². The number of hydrogen-bond donors (Lipinski definition) is 1. The van der Waals surface area contributed by atoms with Gasteiger partial charge in [0, 0.05) is 25.1 Å². The summed E-state index contributed by atoms with van der Waals surface area (Å²) in [5, 5.41) is 7.13. The standard InChI is InChI=1S/C9H14N2O2/c1-2-12-6-4-8-7-3-5-10-9(7)13-11-8/h10H,2-6H2,1H3. The average Bonchev–Trinajstić information content (AvgIpc) is 2.68. The molecule has 0 atom stereocenters. The SMILES string of the molecule is CCOCCc1noc2c1CCN2. The van der Waals surface area contributed by atoms with E-state index in [0.29, 0.717) is 0 Å². The smallest absolute Gasteiger partial charge is 0.228 e. The summed E-state index contributed by atoms with van der Waals surface area (Å²) in [6.07, 6.45) is 1.88. The molecule has 1 aromatic rings. The van der Waals surface area contributed by atoms with E-state index < -0.39 is 0 Å². The van der Waals surface area contributed by atoms with E-state index in [2.05, 4.69) is 10.5 Å². The molecule has 1 N–H and O–H groups in total. The zero-order valence-electron chi connectivity index (χ0n) is 7.80. The van der Waals surface area contributed by atoms with Crippen LogP contribution in [-0.2, 0) is 17.6 Å². The van der Waals surface area contributed by atoms with E-state index in [4.69, 9.17) is 9.26 Å². The van der Waals surface area contributed by atoms with Gasteiger partial charge in [-0.3, -0.25) is 0 Å². The Hall–Kier alpha value is -1.03. The summed E-state index contributed by atoms with van der Waals surface area (Å²) < 4.78 is 10.4. The molecule has 0 fully saturated rings. The van der Waals surface area contributed by atoms with Crippen molar-refractivity contribution < 1.29 is 9.26 Å². The van der Waals surface area contributed by atoms with E-state index in [1.165, 1.54) is 5.56 Å². The van der Waals surface area contributed by atoms with E-state index in [1.54, 1.807) is 0 Å². The molecule has 1 aliphatic heterocycles. The topological polar surface area (TPSA) is 47.3 Å². The van der Waals surface area contributed by atoms with Gasteiger partial charge in [-0.1, -0.05) is 5.16 Å². The van der Waals surface area contributed by atoms with Gasteiger partial charge in [0.1, 0.15) is 0 Å². The monoisotopic (exact) mass is 182 g/mol. The van der Waals surface area contributed by atoms with Crippen LogP contribution in [0.4, 0.5) is 5.88 Å². The van der Waals surface area contributed by atoms with Crippen LogP contribution in [0.2, 0.25) is 0 Å². The number of hydrogen-bond acceptors (Lipinski definition) is 4.